The number of aryl methyl sites for hydroxylation is 1. The SMILES string of the molecule is CS(=O)(=O)c1ccc(-c2cn3c(n2)CC[C@@H](C2CCNCC2)C3)cc1. The van der Waals surface area contributed by atoms with Crippen LogP contribution in [0.25, 0.3) is 11.3 Å². The second-order valence-corrected chi connectivity index (χ2v) is 9.39. The van der Waals surface area contributed by atoms with Crippen molar-refractivity contribution in [3.8, 4) is 11.3 Å². The molecular formula is C19H25N3O2S. The summed E-state index contributed by atoms with van der Waals surface area (Å²) in [6.07, 6.45) is 8.21. The highest BCUT2D eigenvalue weighted by Crippen LogP contribution is 2.32. The molecule has 0 radical (unpaired) electrons. The van der Waals surface area contributed by atoms with Gasteiger partial charge in [0.1, 0.15) is 5.82 Å². The molecule has 0 aliphatic carbocycles. The van der Waals surface area contributed by atoms with Crippen LogP contribution in [0.3, 0.4) is 0 Å². The molecule has 2 aliphatic rings. The van der Waals surface area contributed by atoms with Crippen LogP contribution >= 0.6 is 0 Å². The lowest BCUT2D eigenvalue weighted by Gasteiger charge is -2.33. The van der Waals surface area contributed by atoms with Gasteiger partial charge in [0.25, 0.3) is 0 Å². The third kappa shape index (κ3) is 3.51. The van der Waals surface area contributed by atoms with E-state index in [2.05, 4.69) is 16.1 Å². The molecule has 25 heavy (non-hydrogen) atoms. The molecule has 0 saturated carbocycles. The van der Waals surface area contributed by atoms with Gasteiger partial charge in [0.15, 0.2) is 9.84 Å². The predicted octanol–water partition coefficient (Wildman–Crippen LogP) is 2.52. The second-order valence-electron chi connectivity index (χ2n) is 7.38. The van der Waals surface area contributed by atoms with E-state index in [1.807, 2.05) is 12.1 Å². The molecule has 4 rings (SSSR count). The number of imidazole rings is 1. The number of hydrogen-bond donors (Lipinski definition) is 1. The maximum absolute atomic E-state index is 11.6. The van der Waals surface area contributed by atoms with Gasteiger partial charge in [-0.2, -0.15) is 0 Å². The van der Waals surface area contributed by atoms with Gasteiger partial charge >= 0.3 is 0 Å². The van der Waals surface area contributed by atoms with E-state index in [-0.39, 0.29) is 0 Å². The van der Waals surface area contributed by atoms with Gasteiger partial charge in [0.2, 0.25) is 0 Å². The van der Waals surface area contributed by atoms with Crippen LogP contribution in [0.5, 0.6) is 0 Å². The highest BCUT2D eigenvalue weighted by Gasteiger charge is 2.28. The summed E-state index contributed by atoms with van der Waals surface area (Å²) in [5, 5.41) is 3.45. The molecule has 2 aliphatic heterocycles. The minimum absolute atomic E-state index is 0.353. The molecular weight excluding hydrogens is 334 g/mol. The second kappa shape index (κ2) is 6.57. The average molecular weight is 359 g/mol. The van der Waals surface area contributed by atoms with E-state index < -0.39 is 9.84 Å². The summed E-state index contributed by atoms with van der Waals surface area (Å²) in [6, 6.07) is 7.05. The van der Waals surface area contributed by atoms with Crippen LogP contribution < -0.4 is 5.32 Å². The smallest absolute Gasteiger partial charge is 0.175 e. The topological polar surface area (TPSA) is 64.0 Å². The fraction of sp³-hybridized carbons (Fsp3) is 0.526. The molecule has 0 amide bonds. The Labute approximate surface area is 149 Å². The monoisotopic (exact) mass is 359 g/mol. The largest absolute Gasteiger partial charge is 0.334 e. The normalized spacial score (nSPS) is 21.9. The summed E-state index contributed by atoms with van der Waals surface area (Å²) in [4.78, 5) is 5.15. The molecule has 6 heteroatoms. The Balaban J connectivity index is 1.54. The third-order valence-corrected chi connectivity index (χ3v) is 6.79. The van der Waals surface area contributed by atoms with Crippen molar-refractivity contribution >= 4 is 9.84 Å². The molecule has 2 aromatic rings. The maximum atomic E-state index is 11.6. The van der Waals surface area contributed by atoms with E-state index in [1.54, 1.807) is 12.1 Å². The van der Waals surface area contributed by atoms with Gasteiger partial charge in [0, 0.05) is 31.0 Å². The summed E-state index contributed by atoms with van der Waals surface area (Å²) >= 11 is 0. The Morgan fingerprint density at radius 3 is 2.48 bits per heavy atom. The van der Waals surface area contributed by atoms with Crippen LogP contribution in [0.2, 0.25) is 0 Å². The fourth-order valence-corrected chi connectivity index (χ4v) is 4.81. The molecule has 1 N–H and O–H groups in total. The van der Waals surface area contributed by atoms with E-state index in [0.717, 1.165) is 55.0 Å². The number of piperidine rings is 1. The molecule has 5 nitrogen and oxygen atoms in total. The Hall–Kier alpha value is -1.66. The van der Waals surface area contributed by atoms with Crippen molar-refractivity contribution < 1.29 is 8.42 Å². The van der Waals surface area contributed by atoms with Crippen molar-refractivity contribution in [3.63, 3.8) is 0 Å². The van der Waals surface area contributed by atoms with Crippen LogP contribution in [0.1, 0.15) is 25.1 Å². The van der Waals surface area contributed by atoms with Gasteiger partial charge < -0.3 is 9.88 Å². The van der Waals surface area contributed by atoms with E-state index in [9.17, 15) is 8.42 Å². The van der Waals surface area contributed by atoms with Gasteiger partial charge in [0.05, 0.1) is 10.6 Å². The Morgan fingerprint density at radius 1 is 1.08 bits per heavy atom. The van der Waals surface area contributed by atoms with E-state index >= 15 is 0 Å². The fourth-order valence-electron chi connectivity index (χ4n) is 4.18. The zero-order valence-electron chi connectivity index (χ0n) is 14.6. The molecule has 134 valence electrons. The highest BCUT2D eigenvalue weighted by molar-refractivity contribution is 7.90. The predicted molar refractivity (Wildman–Crippen MR) is 98.2 cm³/mol. The summed E-state index contributed by atoms with van der Waals surface area (Å²) in [5.74, 6) is 2.74. The number of rotatable bonds is 3. The van der Waals surface area contributed by atoms with E-state index in [0.29, 0.717) is 4.90 Å². The van der Waals surface area contributed by atoms with E-state index in [4.69, 9.17) is 4.98 Å². The Bertz CT molecular complexity index is 849. The molecule has 3 heterocycles. The summed E-state index contributed by atoms with van der Waals surface area (Å²) in [7, 11) is -3.15. The lowest BCUT2D eigenvalue weighted by Crippen LogP contribution is -2.35. The number of nitrogens with zero attached hydrogens (tertiary/aromatic N) is 2. The van der Waals surface area contributed by atoms with Crippen LogP contribution in [-0.4, -0.2) is 37.3 Å². The molecule has 1 aromatic carbocycles. The van der Waals surface area contributed by atoms with Crippen molar-refractivity contribution in [2.24, 2.45) is 11.8 Å². The molecule has 0 bridgehead atoms. The number of sulfone groups is 1. The first-order valence-corrected chi connectivity index (χ1v) is 11.0. The lowest BCUT2D eigenvalue weighted by atomic mass is 9.81. The van der Waals surface area contributed by atoms with Gasteiger partial charge in [-0.25, -0.2) is 13.4 Å². The maximum Gasteiger partial charge on any atom is 0.175 e. The zero-order chi connectivity index (χ0) is 17.4. The van der Waals surface area contributed by atoms with Gasteiger partial charge in [-0.05, 0) is 56.3 Å². The minimum Gasteiger partial charge on any atom is -0.334 e. The summed E-state index contributed by atoms with van der Waals surface area (Å²) in [6.45, 7) is 3.36. The molecule has 0 unspecified atom stereocenters. The number of nitrogens with one attached hydrogen (secondary N) is 1. The zero-order valence-corrected chi connectivity index (χ0v) is 15.4. The van der Waals surface area contributed by atoms with Gasteiger partial charge in [-0.1, -0.05) is 12.1 Å². The molecule has 1 atom stereocenters. The quantitative estimate of drug-likeness (QED) is 0.915. The summed E-state index contributed by atoms with van der Waals surface area (Å²) in [5.41, 5.74) is 1.92. The Morgan fingerprint density at radius 2 is 1.80 bits per heavy atom. The average Bonchev–Trinajstić information content (AvgIpc) is 3.05. The van der Waals surface area contributed by atoms with Crippen molar-refractivity contribution in [2.45, 2.75) is 37.1 Å². The number of benzene rings is 1. The lowest BCUT2D eigenvalue weighted by molar-refractivity contribution is 0.205. The Kier molecular flexibility index (Phi) is 4.41. The molecule has 1 fully saturated rings. The molecule has 1 aromatic heterocycles. The van der Waals surface area contributed by atoms with Gasteiger partial charge in [-0.3, -0.25) is 0 Å². The molecule has 0 spiro atoms. The van der Waals surface area contributed by atoms with Gasteiger partial charge in [-0.15, -0.1) is 0 Å². The number of hydrogen-bond acceptors (Lipinski definition) is 4. The third-order valence-electron chi connectivity index (χ3n) is 5.66. The van der Waals surface area contributed by atoms with Crippen molar-refractivity contribution in [2.75, 3.05) is 19.3 Å². The van der Waals surface area contributed by atoms with Crippen LogP contribution in [-0.2, 0) is 22.8 Å². The number of aromatic nitrogens is 2. The van der Waals surface area contributed by atoms with Crippen LogP contribution in [0.15, 0.2) is 35.4 Å². The molecule has 1 saturated heterocycles. The van der Waals surface area contributed by atoms with Crippen LogP contribution in [0.4, 0.5) is 0 Å². The van der Waals surface area contributed by atoms with Crippen molar-refractivity contribution in [3.05, 3.63) is 36.3 Å². The standard InChI is InChI=1S/C19H25N3O2S/c1-25(23,24)17-5-2-15(3-6-17)18-13-22-12-16(4-7-19(22)21-18)14-8-10-20-11-9-14/h2-3,5-6,13-14,16,20H,4,7-12H2,1H3/t16-/m1/s1. The first kappa shape index (κ1) is 16.8. The highest BCUT2D eigenvalue weighted by atomic mass is 32.2. The first-order valence-electron chi connectivity index (χ1n) is 9.08. The first-order chi connectivity index (χ1) is 12.0. The van der Waals surface area contributed by atoms with E-state index in [1.165, 1.54) is 25.5 Å². The minimum atomic E-state index is -3.15. The number of fused-ring (bicyclic) bond motifs is 1. The van der Waals surface area contributed by atoms with Crippen molar-refractivity contribution in [1.29, 1.82) is 0 Å². The van der Waals surface area contributed by atoms with Crippen LogP contribution in [0, 0.1) is 11.8 Å². The summed E-state index contributed by atoms with van der Waals surface area (Å²) < 4.78 is 25.5. The van der Waals surface area contributed by atoms with Crippen molar-refractivity contribution in [1.82, 2.24) is 14.9 Å².